The summed E-state index contributed by atoms with van der Waals surface area (Å²) in [6, 6.07) is 4.85. The molecule has 2 amide bonds. The van der Waals surface area contributed by atoms with Crippen LogP contribution in [0.4, 0.5) is 5.69 Å². The molecule has 1 aliphatic rings. The van der Waals surface area contributed by atoms with Crippen LogP contribution in [0, 0.1) is 10.1 Å². The first-order chi connectivity index (χ1) is 14.8. The average molecular weight is 450 g/mol. The average Bonchev–Trinajstić information content (AvgIpc) is 2.74. The molecule has 1 atom stereocenters. The number of carbonyl (C=O) groups is 3. The van der Waals surface area contributed by atoms with Gasteiger partial charge >= 0.3 is 5.97 Å². The molecule has 1 aliphatic heterocycles. The van der Waals surface area contributed by atoms with E-state index in [2.05, 4.69) is 10.6 Å². The van der Waals surface area contributed by atoms with Gasteiger partial charge in [-0.15, -0.1) is 0 Å². The van der Waals surface area contributed by atoms with Gasteiger partial charge in [0.05, 0.1) is 18.0 Å². The van der Waals surface area contributed by atoms with Crippen molar-refractivity contribution in [3.8, 4) is 0 Å². The Morgan fingerprint density at radius 1 is 1.42 bits per heavy atom. The second-order valence-corrected chi connectivity index (χ2v) is 6.78. The number of rotatable bonds is 8. The Balaban J connectivity index is 1.98. The second kappa shape index (κ2) is 11.7. The fourth-order valence-corrected chi connectivity index (χ4v) is 3.07. The van der Waals surface area contributed by atoms with Crippen molar-refractivity contribution in [1.29, 1.82) is 0 Å². The Morgan fingerprint density at radius 3 is 2.90 bits per heavy atom. The number of nitro benzene ring substituents is 1. The van der Waals surface area contributed by atoms with Crippen molar-refractivity contribution in [2.45, 2.75) is 12.5 Å². The number of nitrogens with one attached hydrogen (secondary N) is 2. The summed E-state index contributed by atoms with van der Waals surface area (Å²) in [5, 5.41) is 15.9. The summed E-state index contributed by atoms with van der Waals surface area (Å²) in [4.78, 5) is 48.2. The van der Waals surface area contributed by atoms with Crippen molar-refractivity contribution in [2.75, 3.05) is 33.4 Å². The van der Waals surface area contributed by atoms with E-state index in [0.29, 0.717) is 18.7 Å². The molecule has 0 bridgehead atoms. The van der Waals surface area contributed by atoms with Crippen LogP contribution in [0.3, 0.4) is 0 Å². The molecule has 166 valence electrons. The lowest BCUT2D eigenvalue weighted by Crippen LogP contribution is -2.60. The van der Waals surface area contributed by atoms with Crippen LogP contribution in [-0.2, 0) is 23.9 Å². The van der Waals surface area contributed by atoms with Crippen LogP contribution in [0.1, 0.15) is 12.0 Å². The highest BCUT2D eigenvalue weighted by atomic mass is 32.1. The maximum Gasteiger partial charge on any atom is 0.308 e. The maximum absolute atomic E-state index is 12.2. The number of benzene rings is 1. The highest BCUT2D eigenvalue weighted by Gasteiger charge is 2.34. The van der Waals surface area contributed by atoms with Gasteiger partial charge in [0.1, 0.15) is 12.6 Å². The molecule has 1 fully saturated rings. The van der Waals surface area contributed by atoms with Crippen molar-refractivity contribution in [2.24, 2.45) is 0 Å². The summed E-state index contributed by atoms with van der Waals surface area (Å²) in [5.74, 6) is -1.58. The van der Waals surface area contributed by atoms with Crippen molar-refractivity contribution in [3.63, 3.8) is 0 Å². The van der Waals surface area contributed by atoms with E-state index in [1.54, 1.807) is 6.07 Å². The SMILES string of the molecule is COCCOC(=O)CC1C(=O)NCCN1C(=S)NC(=O)/C=C/c1cccc([N+](=O)[O-])c1. The van der Waals surface area contributed by atoms with Crippen LogP contribution < -0.4 is 10.6 Å². The lowest BCUT2D eigenvalue weighted by atomic mass is 10.1. The predicted octanol–water partition coefficient (Wildman–Crippen LogP) is 0.389. The third-order valence-corrected chi connectivity index (χ3v) is 4.58. The Morgan fingerprint density at radius 2 is 2.19 bits per heavy atom. The number of non-ortho nitro benzene ring substituents is 1. The number of carbonyl (C=O) groups excluding carboxylic acids is 3. The number of ether oxygens (including phenoxy) is 2. The van der Waals surface area contributed by atoms with E-state index in [4.69, 9.17) is 21.7 Å². The predicted molar refractivity (Wildman–Crippen MR) is 114 cm³/mol. The number of hydrogen-bond donors (Lipinski definition) is 2. The minimum atomic E-state index is -0.919. The summed E-state index contributed by atoms with van der Waals surface area (Å²) < 4.78 is 9.80. The van der Waals surface area contributed by atoms with Gasteiger partial charge in [0.2, 0.25) is 11.8 Å². The highest BCUT2D eigenvalue weighted by molar-refractivity contribution is 7.80. The molecule has 2 rings (SSSR count). The molecule has 0 aromatic heterocycles. The van der Waals surface area contributed by atoms with Crippen molar-refractivity contribution in [3.05, 3.63) is 46.0 Å². The van der Waals surface area contributed by atoms with Crippen LogP contribution in [-0.4, -0.2) is 72.2 Å². The highest BCUT2D eigenvalue weighted by Crippen LogP contribution is 2.14. The van der Waals surface area contributed by atoms with Gasteiger partial charge in [-0.3, -0.25) is 29.8 Å². The zero-order valence-corrected chi connectivity index (χ0v) is 17.6. The molecule has 1 unspecified atom stereocenters. The standard InChI is InChI=1S/C19H22N4O7S/c1-29-9-10-30-17(25)12-15-18(26)20-7-8-22(15)19(31)21-16(24)6-5-13-3-2-4-14(11-13)23(27)28/h2-6,11,15H,7-10,12H2,1H3,(H,20,26)(H,21,24,31)/b6-5+. The van der Waals surface area contributed by atoms with Gasteiger partial charge < -0.3 is 19.7 Å². The molecule has 0 saturated carbocycles. The van der Waals surface area contributed by atoms with Gasteiger partial charge in [-0.25, -0.2) is 0 Å². The van der Waals surface area contributed by atoms with E-state index >= 15 is 0 Å². The quantitative estimate of drug-likeness (QED) is 0.144. The van der Waals surface area contributed by atoms with Crippen LogP contribution in [0.15, 0.2) is 30.3 Å². The minimum Gasteiger partial charge on any atom is -0.463 e. The van der Waals surface area contributed by atoms with Gasteiger partial charge in [0, 0.05) is 38.4 Å². The molecule has 1 aromatic carbocycles. The first-order valence-electron chi connectivity index (χ1n) is 9.28. The third kappa shape index (κ3) is 7.42. The first-order valence-corrected chi connectivity index (χ1v) is 9.69. The fourth-order valence-electron chi connectivity index (χ4n) is 2.75. The van der Waals surface area contributed by atoms with E-state index in [1.165, 1.54) is 42.4 Å². The molecule has 1 aromatic rings. The molecule has 0 spiro atoms. The van der Waals surface area contributed by atoms with E-state index in [1.807, 2.05) is 0 Å². The minimum absolute atomic E-state index is 0.0155. The van der Waals surface area contributed by atoms with Gasteiger partial charge in [-0.1, -0.05) is 12.1 Å². The summed E-state index contributed by atoms with van der Waals surface area (Å²) in [6.45, 7) is 0.897. The zero-order chi connectivity index (χ0) is 22.8. The molecule has 1 heterocycles. The second-order valence-electron chi connectivity index (χ2n) is 6.40. The van der Waals surface area contributed by atoms with E-state index in [9.17, 15) is 24.5 Å². The van der Waals surface area contributed by atoms with Gasteiger partial charge in [-0.2, -0.15) is 0 Å². The molecule has 1 saturated heterocycles. The molecular weight excluding hydrogens is 428 g/mol. The topological polar surface area (TPSA) is 140 Å². The van der Waals surface area contributed by atoms with E-state index in [0.717, 1.165) is 0 Å². The number of piperazine rings is 1. The lowest BCUT2D eigenvalue weighted by Gasteiger charge is -2.36. The number of methoxy groups -OCH3 is 1. The van der Waals surface area contributed by atoms with Crippen LogP contribution in [0.5, 0.6) is 0 Å². The Hall–Kier alpha value is -3.38. The zero-order valence-electron chi connectivity index (χ0n) is 16.7. The molecule has 31 heavy (non-hydrogen) atoms. The summed E-state index contributed by atoms with van der Waals surface area (Å²) in [5.41, 5.74) is 0.363. The van der Waals surface area contributed by atoms with Crippen molar-refractivity contribution >= 4 is 46.9 Å². The Labute approximate surface area is 183 Å². The van der Waals surface area contributed by atoms with Crippen molar-refractivity contribution in [1.82, 2.24) is 15.5 Å². The third-order valence-electron chi connectivity index (χ3n) is 4.24. The molecule has 12 heteroatoms. The summed E-state index contributed by atoms with van der Waals surface area (Å²) in [6.07, 6.45) is 2.33. The Bertz CT molecular complexity index is 890. The fraction of sp³-hybridized carbons (Fsp3) is 0.368. The maximum atomic E-state index is 12.2. The van der Waals surface area contributed by atoms with E-state index < -0.39 is 28.7 Å². The number of nitro groups is 1. The van der Waals surface area contributed by atoms with Crippen LogP contribution >= 0.6 is 12.2 Å². The molecular formula is C19H22N4O7S. The van der Waals surface area contributed by atoms with Crippen molar-refractivity contribution < 1.29 is 28.8 Å². The number of amides is 2. The van der Waals surface area contributed by atoms with Crippen LogP contribution in [0.25, 0.3) is 6.08 Å². The van der Waals surface area contributed by atoms with E-state index in [-0.39, 0.29) is 30.4 Å². The molecule has 2 N–H and O–H groups in total. The monoisotopic (exact) mass is 450 g/mol. The molecule has 0 radical (unpaired) electrons. The smallest absolute Gasteiger partial charge is 0.308 e. The summed E-state index contributed by atoms with van der Waals surface area (Å²) >= 11 is 5.24. The lowest BCUT2D eigenvalue weighted by molar-refractivity contribution is -0.384. The summed E-state index contributed by atoms with van der Waals surface area (Å²) in [7, 11) is 1.47. The Kier molecular flexibility index (Phi) is 9.03. The van der Waals surface area contributed by atoms with Crippen LogP contribution in [0.2, 0.25) is 0 Å². The number of esters is 1. The first kappa shape index (κ1) is 23.9. The van der Waals surface area contributed by atoms with Gasteiger partial charge in [0.25, 0.3) is 5.69 Å². The largest absolute Gasteiger partial charge is 0.463 e. The molecule has 0 aliphatic carbocycles. The number of thiocarbonyl (C=S) groups is 1. The number of hydrogen-bond acceptors (Lipinski definition) is 8. The molecule has 11 nitrogen and oxygen atoms in total. The normalized spacial score (nSPS) is 16.0. The van der Waals surface area contributed by atoms with Gasteiger partial charge in [-0.05, 0) is 23.9 Å². The number of nitrogens with zero attached hydrogens (tertiary/aromatic N) is 2. The van der Waals surface area contributed by atoms with Gasteiger partial charge in [0.15, 0.2) is 5.11 Å².